The van der Waals surface area contributed by atoms with Crippen molar-refractivity contribution in [1.82, 2.24) is 0 Å². The molecule has 1 atom stereocenters. The first-order chi connectivity index (χ1) is 9.45. The van der Waals surface area contributed by atoms with Gasteiger partial charge in [0.15, 0.2) is 0 Å². The van der Waals surface area contributed by atoms with Gasteiger partial charge in [0, 0.05) is 19.5 Å². The third kappa shape index (κ3) is 4.24. The van der Waals surface area contributed by atoms with Crippen molar-refractivity contribution in [2.24, 2.45) is 0 Å². The fourth-order valence-corrected chi connectivity index (χ4v) is 4.45. The minimum atomic E-state index is 0.272. The lowest BCUT2D eigenvalue weighted by Crippen LogP contribution is -2.18. The minimum absolute atomic E-state index is 0.272. The number of rotatable bonds is 4. The van der Waals surface area contributed by atoms with Crippen LogP contribution in [-0.2, 0) is 6.42 Å². The van der Waals surface area contributed by atoms with Crippen LogP contribution in [0.25, 0.3) is 0 Å². The Hall–Kier alpha value is -0.520. The van der Waals surface area contributed by atoms with Crippen LogP contribution in [0.4, 0.5) is 5.69 Å². The van der Waals surface area contributed by atoms with E-state index in [0.717, 1.165) is 25.5 Å². The largest absolute Gasteiger partial charge is 0.508 e. The Morgan fingerprint density at radius 3 is 2.15 bits per heavy atom. The Morgan fingerprint density at radius 2 is 1.60 bits per heavy atom. The van der Waals surface area contributed by atoms with Crippen molar-refractivity contribution in [2.75, 3.05) is 5.32 Å². The Bertz CT molecular complexity index is 576. The smallest absolute Gasteiger partial charge is 0.115 e. The van der Waals surface area contributed by atoms with Crippen molar-refractivity contribution in [3.05, 3.63) is 55.4 Å². The summed E-state index contributed by atoms with van der Waals surface area (Å²) in [6.45, 7) is 2.13. The van der Waals surface area contributed by atoms with Crippen LogP contribution in [0.3, 0.4) is 0 Å². The lowest BCUT2D eigenvalue weighted by atomic mass is 10.1. The highest BCUT2D eigenvalue weighted by molar-refractivity contribution is 9.11. The van der Waals surface area contributed by atoms with Crippen LogP contribution in [0.2, 0.25) is 0 Å². The summed E-state index contributed by atoms with van der Waals surface area (Å²) in [6, 6.07) is 11.6. The standard InChI is InChI=1S/C15H14Br3NO/c1-9(6-10-2-4-12(20)5-3-10)19-15-13(17)7-11(16)8-14(15)18/h2-5,7-9,19-20H,6H2,1H3. The summed E-state index contributed by atoms with van der Waals surface area (Å²) in [4.78, 5) is 0. The van der Waals surface area contributed by atoms with Crippen LogP contribution in [0.1, 0.15) is 12.5 Å². The molecule has 2 aromatic rings. The maximum atomic E-state index is 9.29. The predicted molar refractivity (Wildman–Crippen MR) is 94.4 cm³/mol. The average molecular weight is 464 g/mol. The maximum absolute atomic E-state index is 9.29. The summed E-state index contributed by atoms with van der Waals surface area (Å²) in [5.41, 5.74) is 2.23. The second kappa shape index (κ2) is 6.96. The molecule has 0 fully saturated rings. The summed E-state index contributed by atoms with van der Waals surface area (Å²) in [7, 11) is 0. The molecule has 0 aliphatic carbocycles. The zero-order valence-electron chi connectivity index (χ0n) is 10.8. The number of nitrogens with one attached hydrogen (secondary N) is 1. The zero-order valence-corrected chi connectivity index (χ0v) is 15.6. The number of aromatic hydroxyl groups is 1. The van der Waals surface area contributed by atoms with Crippen LogP contribution in [0.5, 0.6) is 5.75 Å². The lowest BCUT2D eigenvalue weighted by Gasteiger charge is -2.18. The van der Waals surface area contributed by atoms with Crippen LogP contribution in [0, 0.1) is 0 Å². The van der Waals surface area contributed by atoms with Gasteiger partial charge >= 0.3 is 0 Å². The van der Waals surface area contributed by atoms with Gasteiger partial charge in [-0.3, -0.25) is 0 Å². The van der Waals surface area contributed by atoms with Gasteiger partial charge < -0.3 is 10.4 Å². The monoisotopic (exact) mass is 461 g/mol. The minimum Gasteiger partial charge on any atom is -0.508 e. The molecule has 0 heterocycles. The summed E-state index contributed by atoms with van der Waals surface area (Å²) >= 11 is 10.6. The van der Waals surface area contributed by atoms with E-state index in [1.165, 1.54) is 5.56 Å². The number of anilines is 1. The molecule has 106 valence electrons. The van der Waals surface area contributed by atoms with Gasteiger partial charge in [0.2, 0.25) is 0 Å². The Morgan fingerprint density at radius 1 is 1.05 bits per heavy atom. The van der Waals surface area contributed by atoms with Gasteiger partial charge in [-0.2, -0.15) is 0 Å². The van der Waals surface area contributed by atoms with Crippen molar-refractivity contribution >= 4 is 53.5 Å². The third-order valence-corrected chi connectivity index (χ3v) is 4.58. The molecule has 0 aliphatic heterocycles. The molecule has 2 aromatic carbocycles. The SMILES string of the molecule is CC(Cc1ccc(O)cc1)Nc1c(Br)cc(Br)cc1Br. The topological polar surface area (TPSA) is 32.3 Å². The second-order valence-corrected chi connectivity index (χ2v) is 7.28. The van der Waals surface area contributed by atoms with E-state index in [1.807, 2.05) is 24.3 Å². The Balaban J connectivity index is 2.08. The predicted octanol–water partition coefficient (Wildman–Crippen LogP) is 5.72. The number of halogens is 3. The summed E-state index contributed by atoms with van der Waals surface area (Å²) in [5.74, 6) is 0.299. The van der Waals surface area contributed by atoms with Crippen molar-refractivity contribution in [3.63, 3.8) is 0 Å². The number of hydrogen-bond acceptors (Lipinski definition) is 2. The second-order valence-electron chi connectivity index (χ2n) is 4.66. The molecular formula is C15H14Br3NO. The highest BCUT2D eigenvalue weighted by Crippen LogP contribution is 2.35. The van der Waals surface area contributed by atoms with E-state index < -0.39 is 0 Å². The van der Waals surface area contributed by atoms with E-state index in [4.69, 9.17) is 0 Å². The van der Waals surface area contributed by atoms with Gasteiger partial charge in [-0.05, 0) is 75.0 Å². The van der Waals surface area contributed by atoms with E-state index in [0.29, 0.717) is 5.75 Å². The van der Waals surface area contributed by atoms with Crippen molar-refractivity contribution in [2.45, 2.75) is 19.4 Å². The van der Waals surface area contributed by atoms with Crippen LogP contribution >= 0.6 is 47.8 Å². The van der Waals surface area contributed by atoms with Gasteiger partial charge in [-0.25, -0.2) is 0 Å². The van der Waals surface area contributed by atoms with Gasteiger partial charge in [0.25, 0.3) is 0 Å². The van der Waals surface area contributed by atoms with Crippen LogP contribution in [0.15, 0.2) is 49.8 Å². The van der Waals surface area contributed by atoms with E-state index in [1.54, 1.807) is 12.1 Å². The first-order valence-corrected chi connectivity index (χ1v) is 8.52. The molecule has 1 unspecified atom stereocenters. The van der Waals surface area contributed by atoms with Gasteiger partial charge in [0.05, 0.1) is 5.69 Å². The molecule has 2 nitrogen and oxygen atoms in total. The molecule has 0 radical (unpaired) electrons. The summed E-state index contributed by atoms with van der Waals surface area (Å²) in [6.07, 6.45) is 0.884. The maximum Gasteiger partial charge on any atom is 0.115 e. The molecule has 0 aromatic heterocycles. The highest BCUT2D eigenvalue weighted by atomic mass is 79.9. The fraction of sp³-hybridized carbons (Fsp3) is 0.200. The Labute approximate surface area is 144 Å². The lowest BCUT2D eigenvalue weighted by molar-refractivity contribution is 0.475. The molecule has 2 N–H and O–H groups in total. The number of phenols is 1. The number of phenolic OH excluding ortho intramolecular Hbond substituents is 1. The van der Waals surface area contributed by atoms with Crippen LogP contribution in [-0.4, -0.2) is 11.1 Å². The first kappa shape index (κ1) is 15.9. The number of benzene rings is 2. The Kier molecular flexibility index (Phi) is 5.52. The van der Waals surface area contributed by atoms with E-state index in [9.17, 15) is 5.11 Å². The molecule has 0 saturated heterocycles. The molecular weight excluding hydrogens is 450 g/mol. The molecule has 0 amide bonds. The van der Waals surface area contributed by atoms with Crippen molar-refractivity contribution < 1.29 is 5.11 Å². The van der Waals surface area contributed by atoms with Crippen molar-refractivity contribution in [3.8, 4) is 5.75 Å². The van der Waals surface area contributed by atoms with Gasteiger partial charge in [-0.15, -0.1) is 0 Å². The van der Waals surface area contributed by atoms with E-state index >= 15 is 0 Å². The normalized spacial score (nSPS) is 12.2. The first-order valence-electron chi connectivity index (χ1n) is 6.14. The quantitative estimate of drug-likeness (QED) is 0.607. The number of hydrogen-bond donors (Lipinski definition) is 2. The van der Waals surface area contributed by atoms with Gasteiger partial charge in [0.1, 0.15) is 5.75 Å². The summed E-state index contributed by atoms with van der Waals surface area (Å²) < 4.78 is 3.04. The van der Waals surface area contributed by atoms with Gasteiger partial charge in [-0.1, -0.05) is 28.1 Å². The average Bonchev–Trinajstić information content (AvgIpc) is 2.36. The molecule has 0 bridgehead atoms. The molecule has 0 saturated carbocycles. The molecule has 0 aliphatic rings. The zero-order chi connectivity index (χ0) is 14.7. The van der Waals surface area contributed by atoms with Crippen LogP contribution < -0.4 is 5.32 Å². The van der Waals surface area contributed by atoms with E-state index in [-0.39, 0.29) is 6.04 Å². The van der Waals surface area contributed by atoms with E-state index in [2.05, 4.69) is 60.0 Å². The molecule has 2 rings (SSSR count). The summed E-state index contributed by atoms with van der Waals surface area (Å²) in [5, 5.41) is 12.8. The van der Waals surface area contributed by atoms with Crippen molar-refractivity contribution in [1.29, 1.82) is 0 Å². The molecule has 5 heteroatoms. The molecule has 20 heavy (non-hydrogen) atoms. The fourth-order valence-electron chi connectivity index (χ4n) is 1.96. The molecule has 0 spiro atoms. The highest BCUT2D eigenvalue weighted by Gasteiger charge is 2.10. The third-order valence-electron chi connectivity index (χ3n) is 2.88.